The number of hydrogen-bond donors (Lipinski definition) is 1. The van der Waals surface area contributed by atoms with Crippen molar-refractivity contribution in [2.45, 2.75) is 15.0 Å². The number of amides is 1. The van der Waals surface area contributed by atoms with E-state index in [1.54, 1.807) is 6.07 Å². The Morgan fingerprint density at radius 2 is 1.76 bits per heavy atom. The van der Waals surface area contributed by atoms with Crippen molar-refractivity contribution < 1.29 is 18.0 Å². The van der Waals surface area contributed by atoms with Crippen LogP contribution in [0.15, 0.2) is 53.4 Å². The Morgan fingerprint density at radius 1 is 1.08 bits per heavy atom. The molecule has 0 aromatic heterocycles. The van der Waals surface area contributed by atoms with E-state index in [0.717, 1.165) is 17.1 Å². The van der Waals surface area contributed by atoms with Crippen molar-refractivity contribution in [2.24, 2.45) is 0 Å². The maximum atomic E-state index is 12.3. The maximum Gasteiger partial charge on any atom is 0.446 e. The quantitative estimate of drug-likeness (QED) is 0.634. The average Bonchev–Trinajstić information content (AvgIpc) is 3.09. The van der Waals surface area contributed by atoms with Crippen molar-refractivity contribution >= 4 is 46.9 Å². The van der Waals surface area contributed by atoms with E-state index in [1.807, 2.05) is 41.7 Å². The molecular formula is C17H14F3NOS3. The Balaban J connectivity index is 1.66. The first-order chi connectivity index (χ1) is 11.9. The van der Waals surface area contributed by atoms with Crippen LogP contribution in [0.2, 0.25) is 0 Å². The number of carbonyl (C=O) groups is 1. The molecule has 3 rings (SSSR count). The van der Waals surface area contributed by atoms with E-state index in [1.165, 1.54) is 24.3 Å². The van der Waals surface area contributed by atoms with Gasteiger partial charge in [-0.15, -0.1) is 23.5 Å². The van der Waals surface area contributed by atoms with Crippen molar-refractivity contribution in [1.82, 2.24) is 0 Å². The molecule has 0 saturated carbocycles. The van der Waals surface area contributed by atoms with Gasteiger partial charge in [-0.3, -0.25) is 4.79 Å². The van der Waals surface area contributed by atoms with Crippen molar-refractivity contribution in [3.63, 3.8) is 0 Å². The molecule has 0 radical (unpaired) electrons. The summed E-state index contributed by atoms with van der Waals surface area (Å²) in [6.07, 6.45) is 0. The van der Waals surface area contributed by atoms with Crippen LogP contribution in [0.3, 0.4) is 0 Å². The van der Waals surface area contributed by atoms with Crippen molar-refractivity contribution in [3.05, 3.63) is 59.7 Å². The van der Waals surface area contributed by atoms with Crippen LogP contribution in [0.1, 0.15) is 20.5 Å². The number of halogens is 3. The first-order valence-electron chi connectivity index (χ1n) is 7.41. The predicted octanol–water partition coefficient (Wildman–Crippen LogP) is 6.03. The summed E-state index contributed by atoms with van der Waals surface area (Å²) in [6, 6.07) is 13.1. The summed E-state index contributed by atoms with van der Waals surface area (Å²) in [5.74, 6) is 1.90. The molecule has 0 bridgehead atoms. The van der Waals surface area contributed by atoms with Gasteiger partial charge in [0.2, 0.25) is 0 Å². The monoisotopic (exact) mass is 401 g/mol. The van der Waals surface area contributed by atoms with Crippen LogP contribution in [0.4, 0.5) is 18.9 Å². The average molecular weight is 402 g/mol. The van der Waals surface area contributed by atoms with Crippen LogP contribution in [0, 0.1) is 0 Å². The van der Waals surface area contributed by atoms with E-state index in [-0.39, 0.29) is 22.6 Å². The van der Waals surface area contributed by atoms with Gasteiger partial charge in [-0.1, -0.05) is 12.1 Å². The van der Waals surface area contributed by atoms with Gasteiger partial charge in [0, 0.05) is 27.7 Å². The highest BCUT2D eigenvalue weighted by atomic mass is 32.2. The molecule has 0 aliphatic carbocycles. The van der Waals surface area contributed by atoms with Crippen LogP contribution < -0.4 is 5.32 Å². The lowest BCUT2D eigenvalue weighted by atomic mass is 10.2. The lowest BCUT2D eigenvalue weighted by Crippen LogP contribution is -2.12. The zero-order chi connectivity index (χ0) is 17.9. The normalized spacial score (nSPS) is 15.3. The van der Waals surface area contributed by atoms with E-state index in [2.05, 4.69) is 5.32 Å². The molecule has 1 saturated heterocycles. The third kappa shape index (κ3) is 5.36. The maximum absolute atomic E-state index is 12.3. The minimum absolute atomic E-state index is 0.0568. The number of nitrogens with one attached hydrogen (secondary N) is 1. The summed E-state index contributed by atoms with van der Waals surface area (Å²) in [4.78, 5) is 12.3. The topological polar surface area (TPSA) is 29.1 Å². The molecule has 1 N–H and O–H groups in total. The predicted molar refractivity (Wildman–Crippen MR) is 100 cm³/mol. The highest BCUT2D eigenvalue weighted by Gasteiger charge is 2.29. The number of alkyl halides is 3. The van der Waals surface area contributed by atoms with Gasteiger partial charge in [0.1, 0.15) is 0 Å². The lowest BCUT2D eigenvalue weighted by molar-refractivity contribution is -0.0328. The Bertz CT molecular complexity index is 744. The fourth-order valence-corrected chi connectivity index (χ4v) is 5.70. The summed E-state index contributed by atoms with van der Waals surface area (Å²) in [7, 11) is 0. The van der Waals surface area contributed by atoms with Crippen LogP contribution >= 0.6 is 35.3 Å². The van der Waals surface area contributed by atoms with E-state index >= 15 is 0 Å². The van der Waals surface area contributed by atoms with Gasteiger partial charge in [-0.2, -0.15) is 13.2 Å². The molecule has 25 heavy (non-hydrogen) atoms. The lowest BCUT2D eigenvalue weighted by Gasteiger charge is -2.11. The van der Waals surface area contributed by atoms with Crippen molar-refractivity contribution in [1.29, 1.82) is 0 Å². The zero-order valence-electron chi connectivity index (χ0n) is 12.9. The molecule has 0 spiro atoms. The first-order valence-corrected chi connectivity index (χ1v) is 10.3. The summed E-state index contributed by atoms with van der Waals surface area (Å²) in [6.45, 7) is 0. The van der Waals surface area contributed by atoms with Crippen LogP contribution in [-0.2, 0) is 0 Å². The van der Waals surface area contributed by atoms with Crippen molar-refractivity contribution in [2.75, 3.05) is 16.8 Å². The van der Waals surface area contributed by atoms with Crippen molar-refractivity contribution in [3.8, 4) is 0 Å². The van der Waals surface area contributed by atoms with E-state index in [0.29, 0.717) is 15.8 Å². The third-order valence-corrected chi connectivity index (χ3v) is 7.23. The van der Waals surface area contributed by atoms with Gasteiger partial charge >= 0.3 is 5.51 Å². The van der Waals surface area contributed by atoms with Gasteiger partial charge in [0.15, 0.2) is 0 Å². The van der Waals surface area contributed by atoms with E-state index < -0.39 is 5.51 Å². The summed E-state index contributed by atoms with van der Waals surface area (Å²) in [5.41, 5.74) is -2.17. The second-order valence-electron chi connectivity index (χ2n) is 5.23. The molecule has 1 aliphatic heterocycles. The fraction of sp³-hybridized carbons (Fsp3) is 0.235. The molecule has 0 unspecified atom stereocenters. The molecule has 2 aromatic carbocycles. The molecule has 8 heteroatoms. The van der Waals surface area contributed by atoms with Crippen LogP contribution in [0.5, 0.6) is 0 Å². The molecule has 1 fully saturated rings. The molecule has 1 heterocycles. The van der Waals surface area contributed by atoms with Gasteiger partial charge in [0.25, 0.3) is 5.91 Å². The van der Waals surface area contributed by atoms with Gasteiger partial charge in [-0.05, 0) is 53.7 Å². The molecule has 132 valence electrons. The smallest absolute Gasteiger partial charge is 0.322 e. The first kappa shape index (κ1) is 18.5. The summed E-state index contributed by atoms with van der Waals surface area (Å²) < 4.78 is 37.4. The fourth-order valence-electron chi connectivity index (χ4n) is 2.33. The number of anilines is 1. The third-order valence-electron chi connectivity index (χ3n) is 3.39. The number of benzene rings is 2. The van der Waals surface area contributed by atoms with Gasteiger partial charge in [0.05, 0.1) is 4.58 Å². The van der Waals surface area contributed by atoms with Gasteiger partial charge < -0.3 is 5.32 Å². The number of carbonyl (C=O) groups excluding carboxylic acids is 1. The zero-order valence-corrected chi connectivity index (χ0v) is 15.3. The standard InChI is InChI=1S/C17H14F3NOS3/c18-17(19,20)25-14-6-4-11(5-7-14)15(22)21-13-3-1-2-12(10-13)16-23-8-9-24-16/h1-7,10,16H,8-9H2,(H,21,22). The summed E-state index contributed by atoms with van der Waals surface area (Å²) >= 11 is 3.57. The highest BCUT2D eigenvalue weighted by Crippen LogP contribution is 2.45. The largest absolute Gasteiger partial charge is 0.446 e. The molecule has 2 aromatic rings. The number of thioether (sulfide) groups is 3. The molecule has 2 nitrogen and oxygen atoms in total. The second-order valence-corrected chi connectivity index (χ2v) is 9.09. The molecule has 1 aliphatic rings. The van der Waals surface area contributed by atoms with Gasteiger partial charge in [-0.25, -0.2) is 0 Å². The Hall–Kier alpha value is -1.25. The Kier molecular flexibility index (Phi) is 5.91. The number of hydrogen-bond acceptors (Lipinski definition) is 4. The SMILES string of the molecule is O=C(Nc1cccc(C2SCCS2)c1)c1ccc(SC(F)(F)F)cc1. The number of rotatable bonds is 4. The van der Waals surface area contributed by atoms with Crippen LogP contribution in [0.25, 0.3) is 0 Å². The molecule has 1 amide bonds. The summed E-state index contributed by atoms with van der Waals surface area (Å²) in [5, 5.41) is 2.80. The van der Waals surface area contributed by atoms with Crippen LogP contribution in [-0.4, -0.2) is 22.9 Å². The molecular weight excluding hydrogens is 387 g/mol. The highest BCUT2D eigenvalue weighted by molar-refractivity contribution is 8.19. The minimum atomic E-state index is -4.33. The second kappa shape index (κ2) is 7.97. The molecule has 0 atom stereocenters. The minimum Gasteiger partial charge on any atom is -0.322 e. The Morgan fingerprint density at radius 3 is 2.40 bits per heavy atom. The van der Waals surface area contributed by atoms with E-state index in [4.69, 9.17) is 0 Å². The Labute approximate surface area is 156 Å². The van der Waals surface area contributed by atoms with E-state index in [9.17, 15) is 18.0 Å².